The van der Waals surface area contributed by atoms with E-state index in [1.807, 2.05) is 11.8 Å². The molecule has 2 aliphatic rings. The fraction of sp³-hybridized carbons (Fsp3) is 0.900. The molecule has 0 bridgehead atoms. The maximum Gasteiger partial charge on any atom is 0.0989 e. The molecule has 0 radical (unpaired) electrons. The van der Waals surface area contributed by atoms with E-state index in [1.165, 1.54) is 25.7 Å². The Morgan fingerprint density at radius 1 is 1.38 bits per heavy atom. The minimum Gasteiger partial charge on any atom is -0.359 e. The molecule has 1 unspecified atom stereocenters. The van der Waals surface area contributed by atoms with E-state index >= 15 is 0 Å². The van der Waals surface area contributed by atoms with Gasteiger partial charge in [0.1, 0.15) is 0 Å². The van der Waals surface area contributed by atoms with Gasteiger partial charge in [0.15, 0.2) is 0 Å². The molecule has 0 aromatic heterocycles. The molecule has 2 nitrogen and oxygen atoms in total. The van der Waals surface area contributed by atoms with Gasteiger partial charge in [-0.1, -0.05) is 0 Å². The zero-order valence-corrected chi connectivity index (χ0v) is 9.07. The number of likely N-dealkylation sites (tertiary alicyclic amines) is 1. The number of hydrogen-bond donors (Lipinski definition) is 1. The largest absolute Gasteiger partial charge is 0.359 e. The molecule has 1 aliphatic carbocycles. The van der Waals surface area contributed by atoms with Crippen molar-refractivity contribution in [2.24, 2.45) is 5.92 Å². The molecule has 2 rings (SSSR count). The highest BCUT2D eigenvalue weighted by molar-refractivity contribution is 7.99. The van der Waals surface area contributed by atoms with Gasteiger partial charge in [-0.05, 0) is 31.9 Å². The number of hydrogen-bond acceptors (Lipinski definition) is 2. The highest BCUT2D eigenvalue weighted by Gasteiger charge is 2.32. The third kappa shape index (κ3) is 2.19. The summed E-state index contributed by atoms with van der Waals surface area (Å²) >= 11 is 1.96. The number of amidine groups is 1. The second-order valence-corrected chi connectivity index (χ2v) is 5.24. The van der Waals surface area contributed by atoms with Crippen molar-refractivity contribution in [1.82, 2.24) is 4.90 Å². The third-order valence-electron chi connectivity index (χ3n) is 3.02. The zero-order valence-electron chi connectivity index (χ0n) is 8.25. The monoisotopic (exact) mass is 198 g/mol. The standard InChI is InChI=1S/C10H18N2S/c1-13-9-3-2-6-12(7-9)10(11)8-4-5-8/h8-9,11H,2-7H2,1H3. The normalized spacial score (nSPS) is 29.0. The lowest BCUT2D eigenvalue weighted by atomic mass is 10.1. The van der Waals surface area contributed by atoms with Gasteiger partial charge in [0.2, 0.25) is 0 Å². The summed E-state index contributed by atoms with van der Waals surface area (Å²) in [6, 6.07) is 0. The Morgan fingerprint density at radius 2 is 2.15 bits per heavy atom. The SMILES string of the molecule is CSC1CCCN(C(=N)C2CC2)C1. The van der Waals surface area contributed by atoms with Crippen LogP contribution in [0.2, 0.25) is 0 Å². The molecule has 1 N–H and O–H groups in total. The zero-order chi connectivity index (χ0) is 9.26. The summed E-state index contributed by atoms with van der Waals surface area (Å²) in [5.74, 6) is 1.55. The minimum absolute atomic E-state index is 0.626. The van der Waals surface area contributed by atoms with E-state index < -0.39 is 0 Å². The number of nitrogens with one attached hydrogen (secondary N) is 1. The quantitative estimate of drug-likeness (QED) is 0.544. The molecule has 0 amide bonds. The van der Waals surface area contributed by atoms with Gasteiger partial charge in [-0.25, -0.2) is 0 Å². The Balaban J connectivity index is 1.87. The maximum atomic E-state index is 7.98. The van der Waals surface area contributed by atoms with Crippen LogP contribution >= 0.6 is 11.8 Å². The van der Waals surface area contributed by atoms with Gasteiger partial charge < -0.3 is 4.90 Å². The van der Waals surface area contributed by atoms with E-state index in [9.17, 15) is 0 Å². The van der Waals surface area contributed by atoms with Crippen LogP contribution in [0.5, 0.6) is 0 Å². The first-order chi connectivity index (χ1) is 6.31. The number of rotatable bonds is 2. The molecule has 0 spiro atoms. The lowest BCUT2D eigenvalue weighted by Crippen LogP contribution is -2.41. The van der Waals surface area contributed by atoms with Crippen molar-refractivity contribution < 1.29 is 0 Å². The fourth-order valence-electron chi connectivity index (χ4n) is 1.96. The summed E-state index contributed by atoms with van der Waals surface area (Å²) in [6.45, 7) is 2.25. The summed E-state index contributed by atoms with van der Waals surface area (Å²) < 4.78 is 0. The fourth-order valence-corrected chi connectivity index (χ4v) is 2.70. The van der Waals surface area contributed by atoms with E-state index in [0.717, 1.165) is 24.2 Å². The average molecular weight is 198 g/mol. The van der Waals surface area contributed by atoms with Crippen LogP contribution in [0.4, 0.5) is 0 Å². The highest BCUT2D eigenvalue weighted by Crippen LogP contribution is 2.33. The van der Waals surface area contributed by atoms with Crippen molar-refractivity contribution in [3.05, 3.63) is 0 Å². The summed E-state index contributed by atoms with van der Waals surface area (Å²) in [7, 11) is 0. The van der Waals surface area contributed by atoms with E-state index in [1.54, 1.807) is 0 Å². The lowest BCUT2D eigenvalue weighted by molar-refractivity contribution is 0.340. The first-order valence-electron chi connectivity index (χ1n) is 5.17. The van der Waals surface area contributed by atoms with Crippen LogP contribution in [0.25, 0.3) is 0 Å². The smallest absolute Gasteiger partial charge is 0.0989 e. The van der Waals surface area contributed by atoms with Crippen LogP contribution in [-0.4, -0.2) is 35.3 Å². The molecule has 74 valence electrons. The van der Waals surface area contributed by atoms with Crippen LogP contribution in [0.15, 0.2) is 0 Å². The van der Waals surface area contributed by atoms with E-state index in [4.69, 9.17) is 5.41 Å². The van der Waals surface area contributed by atoms with Crippen molar-refractivity contribution >= 4 is 17.6 Å². The molecular weight excluding hydrogens is 180 g/mol. The summed E-state index contributed by atoms with van der Waals surface area (Å²) in [4.78, 5) is 2.31. The molecule has 1 aliphatic heterocycles. The van der Waals surface area contributed by atoms with Crippen molar-refractivity contribution in [3.8, 4) is 0 Å². The molecule has 3 heteroatoms. The molecule has 0 aromatic carbocycles. The lowest BCUT2D eigenvalue weighted by Gasteiger charge is -2.33. The molecular formula is C10H18N2S. The Hall–Kier alpha value is -0.180. The first-order valence-corrected chi connectivity index (χ1v) is 6.46. The topological polar surface area (TPSA) is 27.1 Å². The molecule has 0 aromatic rings. The van der Waals surface area contributed by atoms with Crippen molar-refractivity contribution in [1.29, 1.82) is 5.41 Å². The van der Waals surface area contributed by atoms with Gasteiger partial charge in [0, 0.05) is 24.3 Å². The van der Waals surface area contributed by atoms with Crippen LogP contribution in [0.3, 0.4) is 0 Å². The molecule has 1 saturated carbocycles. The van der Waals surface area contributed by atoms with Gasteiger partial charge in [-0.15, -0.1) is 0 Å². The molecule has 2 fully saturated rings. The maximum absolute atomic E-state index is 7.98. The Labute approximate surface area is 84.6 Å². The van der Waals surface area contributed by atoms with E-state index in [0.29, 0.717) is 5.92 Å². The van der Waals surface area contributed by atoms with Gasteiger partial charge in [0.25, 0.3) is 0 Å². The molecule has 1 saturated heterocycles. The highest BCUT2D eigenvalue weighted by atomic mass is 32.2. The van der Waals surface area contributed by atoms with Gasteiger partial charge >= 0.3 is 0 Å². The predicted octanol–water partition coefficient (Wildman–Crippen LogP) is 2.20. The summed E-state index contributed by atoms with van der Waals surface area (Å²) in [5, 5.41) is 8.75. The van der Waals surface area contributed by atoms with Crippen LogP contribution < -0.4 is 0 Å². The average Bonchev–Trinajstić information content (AvgIpc) is 3.00. The second kappa shape index (κ2) is 3.91. The van der Waals surface area contributed by atoms with Crippen LogP contribution in [-0.2, 0) is 0 Å². The number of piperidine rings is 1. The van der Waals surface area contributed by atoms with Crippen LogP contribution in [0, 0.1) is 11.3 Å². The van der Waals surface area contributed by atoms with Crippen molar-refractivity contribution in [2.75, 3.05) is 19.3 Å². The molecule has 1 atom stereocenters. The van der Waals surface area contributed by atoms with Gasteiger partial charge in [0.05, 0.1) is 5.84 Å². The Morgan fingerprint density at radius 3 is 2.77 bits per heavy atom. The summed E-state index contributed by atoms with van der Waals surface area (Å²) in [6.07, 6.45) is 7.34. The first kappa shape index (κ1) is 9.38. The van der Waals surface area contributed by atoms with Gasteiger partial charge in [-0.2, -0.15) is 11.8 Å². The molecule has 13 heavy (non-hydrogen) atoms. The Kier molecular flexibility index (Phi) is 2.82. The van der Waals surface area contributed by atoms with Crippen LogP contribution in [0.1, 0.15) is 25.7 Å². The van der Waals surface area contributed by atoms with E-state index in [2.05, 4.69) is 11.2 Å². The van der Waals surface area contributed by atoms with Gasteiger partial charge in [-0.3, -0.25) is 5.41 Å². The second-order valence-electron chi connectivity index (χ2n) is 4.11. The van der Waals surface area contributed by atoms with Crippen molar-refractivity contribution in [3.63, 3.8) is 0 Å². The minimum atomic E-state index is 0.626. The van der Waals surface area contributed by atoms with Crippen molar-refractivity contribution in [2.45, 2.75) is 30.9 Å². The number of nitrogens with zero attached hydrogens (tertiary/aromatic N) is 1. The summed E-state index contributed by atoms with van der Waals surface area (Å²) in [5.41, 5.74) is 0. The Bertz CT molecular complexity index is 201. The third-order valence-corrected chi connectivity index (χ3v) is 4.07. The van der Waals surface area contributed by atoms with E-state index in [-0.39, 0.29) is 0 Å². The number of thioether (sulfide) groups is 1. The predicted molar refractivity (Wildman–Crippen MR) is 58.6 cm³/mol. The molecule has 1 heterocycles.